The summed E-state index contributed by atoms with van der Waals surface area (Å²) < 4.78 is 1.89. The third-order valence-electron chi connectivity index (χ3n) is 7.96. The first-order valence-corrected chi connectivity index (χ1v) is 14.0. The average Bonchev–Trinajstić information content (AvgIpc) is 3.29. The molecule has 1 aromatic heterocycles. The molecule has 2 N–H and O–H groups in total. The highest BCUT2D eigenvalue weighted by Gasteiger charge is 2.51. The highest BCUT2D eigenvalue weighted by molar-refractivity contribution is 6.08. The van der Waals surface area contributed by atoms with Crippen LogP contribution in [0.15, 0.2) is 61.3 Å². The summed E-state index contributed by atoms with van der Waals surface area (Å²) in [4.78, 5) is 56.0. The van der Waals surface area contributed by atoms with E-state index in [4.69, 9.17) is 0 Å². The molecule has 5 rings (SSSR count). The number of hydrogen-bond donors (Lipinski definition) is 2. The molecule has 0 spiro atoms. The van der Waals surface area contributed by atoms with Gasteiger partial charge in [0.15, 0.2) is 5.78 Å². The molecule has 2 atom stereocenters. The van der Waals surface area contributed by atoms with Crippen LogP contribution in [0.25, 0.3) is 10.9 Å². The molecule has 3 heterocycles. The van der Waals surface area contributed by atoms with Crippen LogP contribution in [0.4, 0.5) is 4.79 Å². The molecule has 0 radical (unpaired) electrons. The summed E-state index contributed by atoms with van der Waals surface area (Å²) >= 11 is 0. The minimum Gasteiger partial charge on any atom is -0.508 e. The average molecular weight is 574 g/mol. The molecule has 2 aliphatic heterocycles. The van der Waals surface area contributed by atoms with Gasteiger partial charge in [-0.25, -0.2) is 14.8 Å². The van der Waals surface area contributed by atoms with Gasteiger partial charge in [-0.1, -0.05) is 43.3 Å². The van der Waals surface area contributed by atoms with E-state index in [0.29, 0.717) is 12.0 Å². The number of nitrogens with zero attached hydrogens (tertiary/aromatic N) is 5. The number of aryl methyl sites for hydroxylation is 1. The maximum absolute atomic E-state index is 14.1. The van der Waals surface area contributed by atoms with E-state index in [1.54, 1.807) is 17.0 Å². The fourth-order valence-corrected chi connectivity index (χ4v) is 6.15. The van der Waals surface area contributed by atoms with E-state index in [-0.39, 0.29) is 55.9 Å². The standard InChI is InChI=1S/C31H35N5O6/c1-4-7-26(38)24-17-32(3)29-21(8-6-9-23(24)29)16-33-18-27-35(28(39)19-34(14-5-2)36(27)31(41)42)25(30(33)40)15-20-10-12-22(37)13-11-20/h5-6,8-13,17,25,27,37H,2,4,7,14-16,18-19H2,1,3H3,(H,41,42). The Hall–Kier alpha value is -4.64. The fourth-order valence-electron chi connectivity index (χ4n) is 6.15. The number of Topliss-reactive ketones (excluding diaryl/α,β-unsaturated/α-hetero) is 1. The Morgan fingerprint density at radius 1 is 1.12 bits per heavy atom. The quantitative estimate of drug-likeness (QED) is 0.297. The number of aromatic hydroxyl groups is 1. The van der Waals surface area contributed by atoms with Crippen molar-refractivity contribution in [2.75, 3.05) is 19.6 Å². The van der Waals surface area contributed by atoms with E-state index >= 15 is 0 Å². The van der Waals surface area contributed by atoms with Crippen molar-refractivity contribution in [2.45, 2.75) is 44.9 Å². The molecule has 2 fully saturated rings. The van der Waals surface area contributed by atoms with Gasteiger partial charge in [-0.2, -0.15) is 0 Å². The molecule has 42 heavy (non-hydrogen) atoms. The number of amides is 3. The van der Waals surface area contributed by atoms with Crippen LogP contribution < -0.4 is 0 Å². The van der Waals surface area contributed by atoms with Gasteiger partial charge in [-0.3, -0.25) is 14.4 Å². The van der Waals surface area contributed by atoms with E-state index in [1.165, 1.54) is 28.1 Å². The lowest BCUT2D eigenvalue weighted by Gasteiger charge is -2.54. The summed E-state index contributed by atoms with van der Waals surface area (Å²) in [6.07, 6.45) is 2.49. The Balaban J connectivity index is 1.56. The Labute approximate surface area is 243 Å². The van der Waals surface area contributed by atoms with Crippen molar-refractivity contribution in [3.63, 3.8) is 0 Å². The summed E-state index contributed by atoms with van der Waals surface area (Å²) in [5.74, 6) is -0.519. The molecule has 0 saturated carbocycles. The van der Waals surface area contributed by atoms with Gasteiger partial charge in [-0.05, 0) is 29.7 Å². The Kier molecular flexibility index (Phi) is 8.04. The van der Waals surface area contributed by atoms with Crippen molar-refractivity contribution >= 4 is 34.6 Å². The first kappa shape index (κ1) is 28.9. The number of carboxylic acid groups (broad SMARTS) is 1. The number of carbonyl (C=O) groups excluding carboxylic acids is 3. The van der Waals surface area contributed by atoms with Gasteiger partial charge < -0.3 is 24.6 Å². The molecule has 220 valence electrons. The summed E-state index contributed by atoms with van der Waals surface area (Å²) in [7, 11) is 1.86. The van der Waals surface area contributed by atoms with Crippen LogP contribution in [-0.4, -0.2) is 90.1 Å². The SMILES string of the molecule is C=CCN1CC(=O)N2C(Cc3ccc(O)cc3)C(=O)N(Cc3cccc4c(C(=O)CCC)cn(C)c34)CC2N1C(=O)O. The maximum atomic E-state index is 14.1. The summed E-state index contributed by atoms with van der Waals surface area (Å²) in [5, 5.41) is 23.3. The molecule has 2 aliphatic rings. The van der Waals surface area contributed by atoms with Crippen LogP contribution in [0.1, 0.15) is 41.3 Å². The zero-order valence-electron chi connectivity index (χ0n) is 23.8. The predicted molar refractivity (Wildman–Crippen MR) is 155 cm³/mol. The molecular weight excluding hydrogens is 538 g/mol. The van der Waals surface area contributed by atoms with Crippen molar-refractivity contribution in [1.29, 1.82) is 0 Å². The van der Waals surface area contributed by atoms with E-state index in [2.05, 4.69) is 6.58 Å². The number of hydrazine groups is 1. The highest BCUT2D eigenvalue weighted by Crippen LogP contribution is 2.32. The maximum Gasteiger partial charge on any atom is 0.424 e. The molecule has 0 aliphatic carbocycles. The first-order valence-electron chi connectivity index (χ1n) is 14.0. The van der Waals surface area contributed by atoms with Crippen LogP contribution >= 0.6 is 0 Å². The van der Waals surface area contributed by atoms with E-state index < -0.39 is 18.3 Å². The van der Waals surface area contributed by atoms with Crippen LogP contribution in [0.5, 0.6) is 5.75 Å². The number of fused-ring (bicyclic) bond motifs is 2. The second-order valence-electron chi connectivity index (χ2n) is 10.8. The molecule has 3 amide bonds. The second-order valence-corrected chi connectivity index (χ2v) is 10.8. The third kappa shape index (κ3) is 5.23. The lowest BCUT2D eigenvalue weighted by atomic mass is 9.98. The van der Waals surface area contributed by atoms with Gasteiger partial charge in [0.05, 0.1) is 18.6 Å². The minimum absolute atomic E-state index is 0.0287. The van der Waals surface area contributed by atoms with Crippen molar-refractivity contribution in [3.8, 4) is 5.75 Å². The highest BCUT2D eigenvalue weighted by atomic mass is 16.4. The van der Waals surface area contributed by atoms with E-state index in [0.717, 1.165) is 33.5 Å². The van der Waals surface area contributed by atoms with Crippen LogP contribution in [0.2, 0.25) is 0 Å². The number of piperazine rings is 1. The lowest BCUT2D eigenvalue weighted by molar-refractivity contribution is -0.192. The minimum atomic E-state index is -1.24. The smallest absolute Gasteiger partial charge is 0.424 e. The van der Waals surface area contributed by atoms with Gasteiger partial charge in [0.25, 0.3) is 0 Å². The van der Waals surface area contributed by atoms with Crippen molar-refractivity contribution in [2.24, 2.45) is 7.05 Å². The largest absolute Gasteiger partial charge is 0.508 e. The van der Waals surface area contributed by atoms with E-state index in [9.17, 15) is 29.4 Å². The lowest BCUT2D eigenvalue weighted by Crippen LogP contribution is -2.75. The number of phenols is 1. The Morgan fingerprint density at radius 2 is 1.86 bits per heavy atom. The number of hydrogen-bond acceptors (Lipinski definition) is 6. The molecule has 2 saturated heterocycles. The molecule has 11 heteroatoms. The monoisotopic (exact) mass is 573 g/mol. The van der Waals surface area contributed by atoms with Crippen molar-refractivity contribution in [1.82, 2.24) is 24.4 Å². The van der Waals surface area contributed by atoms with Crippen LogP contribution in [0, 0.1) is 0 Å². The number of para-hydroxylation sites is 1. The number of rotatable bonds is 9. The summed E-state index contributed by atoms with van der Waals surface area (Å²) in [6.45, 7) is 5.74. The number of phenolic OH excluding ortho intramolecular Hbond substituents is 1. The summed E-state index contributed by atoms with van der Waals surface area (Å²) in [5.41, 5.74) is 2.99. The Bertz CT molecular complexity index is 1550. The molecule has 2 unspecified atom stereocenters. The first-order chi connectivity index (χ1) is 20.1. The van der Waals surface area contributed by atoms with Crippen molar-refractivity contribution < 1.29 is 29.4 Å². The number of benzene rings is 2. The second kappa shape index (κ2) is 11.7. The normalized spacial score (nSPS) is 19.3. The molecule has 11 nitrogen and oxygen atoms in total. The fraction of sp³-hybridized carbons (Fsp3) is 0.355. The summed E-state index contributed by atoms with van der Waals surface area (Å²) in [6, 6.07) is 11.1. The van der Waals surface area contributed by atoms with E-state index in [1.807, 2.05) is 42.9 Å². The zero-order chi connectivity index (χ0) is 30.1. The van der Waals surface area contributed by atoms with Crippen LogP contribution in [0.3, 0.4) is 0 Å². The Morgan fingerprint density at radius 3 is 2.52 bits per heavy atom. The molecule has 0 bridgehead atoms. The molecule has 3 aromatic rings. The number of carbonyl (C=O) groups is 4. The van der Waals surface area contributed by atoms with Gasteiger partial charge in [-0.15, -0.1) is 6.58 Å². The van der Waals surface area contributed by atoms with Gasteiger partial charge in [0, 0.05) is 50.1 Å². The third-order valence-corrected chi connectivity index (χ3v) is 7.96. The van der Waals surface area contributed by atoms with Gasteiger partial charge in [0.1, 0.15) is 18.0 Å². The van der Waals surface area contributed by atoms with Gasteiger partial charge in [0.2, 0.25) is 11.8 Å². The van der Waals surface area contributed by atoms with Crippen molar-refractivity contribution in [3.05, 3.63) is 78.0 Å². The number of aromatic nitrogens is 1. The number of ketones is 1. The topological polar surface area (TPSA) is 127 Å². The van der Waals surface area contributed by atoms with Crippen LogP contribution in [-0.2, 0) is 29.6 Å². The molecular formula is C31H35N5O6. The molecule has 2 aromatic carbocycles. The van der Waals surface area contributed by atoms with Gasteiger partial charge >= 0.3 is 6.09 Å². The predicted octanol–water partition coefficient (Wildman–Crippen LogP) is 3.37. The zero-order valence-corrected chi connectivity index (χ0v) is 23.8.